The first-order valence-corrected chi connectivity index (χ1v) is 6.19. The van der Waals surface area contributed by atoms with Gasteiger partial charge in [-0.05, 0) is 13.3 Å². The van der Waals surface area contributed by atoms with E-state index in [-0.39, 0.29) is 15.6 Å². The fourth-order valence-electron chi connectivity index (χ4n) is 1.07. The average Bonchev–Trinajstić information content (AvgIpc) is 2.16. The molecule has 0 fully saturated rings. The van der Waals surface area contributed by atoms with Crippen molar-refractivity contribution in [2.75, 3.05) is 0 Å². The van der Waals surface area contributed by atoms with Crippen LogP contribution in [0.15, 0.2) is 12.7 Å². The quantitative estimate of drug-likeness (QED) is 0.279. The van der Waals surface area contributed by atoms with Crippen LogP contribution in [-0.4, -0.2) is 27.6 Å². The lowest BCUT2D eigenvalue weighted by molar-refractivity contribution is -0.142. The van der Waals surface area contributed by atoms with Gasteiger partial charge >= 0.3 is 5.97 Å². The maximum absolute atomic E-state index is 11.8. The maximum atomic E-state index is 11.8. The van der Waals surface area contributed by atoms with Crippen molar-refractivity contribution in [3.8, 4) is 0 Å². The molecule has 0 saturated heterocycles. The zero-order valence-corrected chi connectivity index (χ0v) is 9.84. The highest BCUT2D eigenvalue weighted by Crippen LogP contribution is 2.08. The Morgan fingerprint density at radius 3 is 2.73 bits per heavy atom. The van der Waals surface area contributed by atoms with Gasteiger partial charge in [0.15, 0.2) is 0 Å². The third-order valence-electron chi connectivity index (χ3n) is 1.82. The number of unbranched alkanes of at least 4 members (excludes halogenated alkanes) is 1. The van der Waals surface area contributed by atoms with Gasteiger partial charge in [0.05, 0.1) is 6.10 Å². The minimum Gasteiger partial charge on any atom is -0.460 e. The smallest absolute Gasteiger partial charge is 0.330 e. The highest BCUT2D eigenvalue weighted by atomic mass is 28.2. The van der Waals surface area contributed by atoms with Gasteiger partial charge < -0.3 is 4.74 Å². The molecule has 0 aromatic rings. The van der Waals surface area contributed by atoms with Crippen LogP contribution in [0.2, 0.25) is 6.04 Å². The largest absolute Gasteiger partial charge is 0.460 e. The topological polar surface area (TPSA) is 26.3 Å². The van der Waals surface area contributed by atoms with Gasteiger partial charge in [-0.15, -0.1) is 0 Å². The van der Waals surface area contributed by atoms with Gasteiger partial charge in [-0.3, -0.25) is 0 Å². The number of alkyl halides is 2. The molecule has 5 heteroatoms. The van der Waals surface area contributed by atoms with Gasteiger partial charge in [-0.25, -0.2) is 13.6 Å². The second kappa shape index (κ2) is 8.58. The molecular weight excluding hydrogens is 218 g/mol. The van der Waals surface area contributed by atoms with Crippen LogP contribution in [0.4, 0.5) is 8.78 Å². The highest BCUT2D eigenvalue weighted by Gasteiger charge is 2.07. The summed E-state index contributed by atoms with van der Waals surface area (Å²) in [6, 6.07) is -1.62. The fraction of sp³-hybridized carbons (Fsp3) is 0.700. The molecule has 1 unspecified atom stereocenters. The maximum Gasteiger partial charge on any atom is 0.330 e. The molecule has 2 radical (unpaired) electrons. The van der Waals surface area contributed by atoms with E-state index >= 15 is 0 Å². The molecule has 2 nitrogen and oxygen atoms in total. The molecule has 0 bridgehead atoms. The van der Waals surface area contributed by atoms with Crippen molar-refractivity contribution >= 4 is 15.5 Å². The molecule has 0 spiro atoms. The Morgan fingerprint density at radius 1 is 1.53 bits per heavy atom. The van der Waals surface area contributed by atoms with E-state index in [1.807, 2.05) is 0 Å². The highest BCUT2D eigenvalue weighted by molar-refractivity contribution is 6.36. The zero-order chi connectivity index (χ0) is 11.7. The molecule has 0 aliphatic carbocycles. The van der Waals surface area contributed by atoms with E-state index in [2.05, 4.69) is 6.58 Å². The first-order chi connectivity index (χ1) is 7.06. The molecule has 1 atom stereocenters. The summed E-state index contributed by atoms with van der Waals surface area (Å²) in [6.07, 6.45) is 3.25. The number of carbonyl (C=O) groups is 1. The third-order valence-corrected chi connectivity index (χ3v) is 2.77. The van der Waals surface area contributed by atoms with Crippen LogP contribution in [-0.2, 0) is 9.53 Å². The SMILES string of the molecule is C=CC(=O)OC(C)CCCC[Si]C(F)F. The number of carbonyl (C=O) groups excluding carboxylic acids is 1. The van der Waals surface area contributed by atoms with Crippen LogP contribution >= 0.6 is 0 Å². The minimum atomic E-state index is -2.18. The lowest BCUT2D eigenvalue weighted by Gasteiger charge is -2.11. The number of esters is 1. The lowest BCUT2D eigenvalue weighted by atomic mass is 10.2. The van der Waals surface area contributed by atoms with E-state index in [9.17, 15) is 13.6 Å². The molecule has 0 saturated carbocycles. The monoisotopic (exact) mass is 234 g/mol. The summed E-state index contributed by atoms with van der Waals surface area (Å²) in [5.41, 5.74) is 0. The van der Waals surface area contributed by atoms with E-state index in [1.54, 1.807) is 6.92 Å². The van der Waals surface area contributed by atoms with Crippen LogP contribution < -0.4 is 0 Å². The van der Waals surface area contributed by atoms with E-state index in [1.165, 1.54) is 0 Å². The van der Waals surface area contributed by atoms with Gasteiger partial charge in [-0.2, -0.15) is 0 Å². The van der Waals surface area contributed by atoms with Crippen LogP contribution in [0, 0.1) is 0 Å². The zero-order valence-electron chi connectivity index (χ0n) is 8.84. The number of halogens is 2. The Hall–Kier alpha value is -0.713. The molecule has 0 aliphatic rings. The van der Waals surface area contributed by atoms with Crippen LogP contribution in [0.1, 0.15) is 26.2 Å². The molecule has 86 valence electrons. The van der Waals surface area contributed by atoms with Crippen LogP contribution in [0.5, 0.6) is 0 Å². The molecule has 0 N–H and O–H groups in total. The summed E-state index contributed by atoms with van der Waals surface area (Å²) < 4.78 is 28.5. The van der Waals surface area contributed by atoms with Crippen molar-refractivity contribution in [3.63, 3.8) is 0 Å². The van der Waals surface area contributed by atoms with E-state index in [0.717, 1.165) is 18.9 Å². The van der Waals surface area contributed by atoms with Gasteiger partial charge in [0.1, 0.15) is 9.52 Å². The summed E-state index contributed by atoms with van der Waals surface area (Å²) in [7, 11) is -0.269. The van der Waals surface area contributed by atoms with Crippen LogP contribution in [0.3, 0.4) is 0 Å². The molecule has 0 aromatic carbocycles. The van der Waals surface area contributed by atoms with E-state index < -0.39 is 12.0 Å². The second-order valence-corrected chi connectivity index (χ2v) is 4.55. The second-order valence-electron chi connectivity index (χ2n) is 3.20. The van der Waals surface area contributed by atoms with Gasteiger partial charge in [0.2, 0.25) is 6.05 Å². The van der Waals surface area contributed by atoms with Crippen molar-refractivity contribution in [3.05, 3.63) is 12.7 Å². The molecule has 15 heavy (non-hydrogen) atoms. The van der Waals surface area contributed by atoms with E-state index in [4.69, 9.17) is 4.74 Å². The Bertz CT molecular complexity index is 198. The van der Waals surface area contributed by atoms with E-state index in [0.29, 0.717) is 12.5 Å². The lowest BCUT2D eigenvalue weighted by Crippen LogP contribution is -2.12. The number of hydrogen-bond acceptors (Lipinski definition) is 2. The third kappa shape index (κ3) is 9.59. The molecule has 0 aromatic heterocycles. The minimum absolute atomic E-state index is 0.162. The fourth-order valence-corrected chi connectivity index (χ4v) is 1.75. The molecule has 0 heterocycles. The molecule has 0 rings (SSSR count). The van der Waals surface area contributed by atoms with Crippen molar-refractivity contribution in [1.29, 1.82) is 0 Å². The molecule has 0 amide bonds. The van der Waals surface area contributed by atoms with Crippen molar-refractivity contribution < 1.29 is 18.3 Å². The molecule has 0 aliphatic heterocycles. The summed E-state index contributed by atoms with van der Waals surface area (Å²) in [5.74, 6) is -0.433. The number of rotatable bonds is 8. The first-order valence-electron chi connectivity index (χ1n) is 4.91. The van der Waals surface area contributed by atoms with Gasteiger partial charge in [0.25, 0.3) is 0 Å². The summed E-state index contributed by atoms with van der Waals surface area (Å²) in [4.78, 5) is 10.8. The van der Waals surface area contributed by atoms with Gasteiger partial charge in [-0.1, -0.05) is 25.5 Å². The average molecular weight is 234 g/mol. The Labute approximate surface area is 91.5 Å². The van der Waals surface area contributed by atoms with Crippen molar-refractivity contribution in [2.24, 2.45) is 0 Å². The normalized spacial score (nSPS) is 12.5. The molecular formula is C10H16F2O2Si. The summed E-state index contributed by atoms with van der Waals surface area (Å²) in [6.45, 7) is 5.07. The Balaban J connectivity index is 3.35. The summed E-state index contributed by atoms with van der Waals surface area (Å²) >= 11 is 0. The van der Waals surface area contributed by atoms with Gasteiger partial charge in [0, 0.05) is 6.08 Å². The Morgan fingerprint density at radius 2 is 2.20 bits per heavy atom. The standard InChI is InChI=1S/C10H16F2O2Si/c1-3-9(13)14-8(2)6-4-5-7-15-10(11)12/h3,8,10H,1,4-7H2,2H3. The first kappa shape index (κ1) is 14.3. The summed E-state index contributed by atoms with van der Waals surface area (Å²) in [5, 5.41) is 0. The van der Waals surface area contributed by atoms with Crippen molar-refractivity contribution in [2.45, 2.75) is 44.4 Å². The number of ether oxygens (including phenoxy) is 1. The number of hydrogen-bond donors (Lipinski definition) is 0. The van der Waals surface area contributed by atoms with Crippen LogP contribution in [0.25, 0.3) is 0 Å². The predicted molar refractivity (Wildman–Crippen MR) is 56.2 cm³/mol. The Kier molecular flexibility index (Phi) is 8.18. The predicted octanol–water partition coefficient (Wildman–Crippen LogP) is 2.62. The van der Waals surface area contributed by atoms with Crippen molar-refractivity contribution in [1.82, 2.24) is 0 Å².